The largest absolute Gasteiger partial charge is 0.352 e. The van der Waals surface area contributed by atoms with Gasteiger partial charge < -0.3 is 10.6 Å². The number of sulfonamides is 1. The molecule has 0 heterocycles. The normalized spacial score (nSPS) is 11.0. The molecule has 0 aliphatic heterocycles. The van der Waals surface area contributed by atoms with E-state index in [4.69, 9.17) is 0 Å². The fourth-order valence-corrected chi connectivity index (χ4v) is 4.69. The smallest absolute Gasteiger partial charge is 0.264 e. The van der Waals surface area contributed by atoms with Crippen molar-refractivity contribution in [3.63, 3.8) is 0 Å². The fourth-order valence-electron chi connectivity index (χ4n) is 3.19. The third-order valence-electron chi connectivity index (χ3n) is 4.75. The molecule has 0 aromatic heterocycles. The molecule has 7 nitrogen and oxygen atoms in total. The monoisotopic (exact) mass is 469 g/mol. The SMILES string of the molecule is CC(=O)Nc1ccc(S(=O)(=O)N(CCCNC(=O)c2ccccc2F)c2ccccc2)cc1. The summed E-state index contributed by atoms with van der Waals surface area (Å²) in [7, 11) is -3.91. The van der Waals surface area contributed by atoms with Crippen LogP contribution in [-0.4, -0.2) is 33.3 Å². The second-order valence-corrected chi connectivity index (χ2v) is 9.07. The summed E-state index contributed by atoms with van der Waals surface area (Å²) in [5.74, 6) is -1.43. The van der Waals surface area contributed by atoms with Crippen LogP contribution in [-0.2, 0) is 14.8 Å². The highest BCUT2D eigenvalue weighted by atomic mass is 32.2. The van der Waals surface area contributed by atoms with Crippen molar-refractivity contribution in [1.29, 1.82) is 0 Å². The molecule has 3 aromatic carbocycles. The second kappa shape index (κ2) is 10.7. The maximum Gasteiger partial charge on any atom is 0.264 e. The van der Waals surface area contributed by atoms with Gasteiger partial charge >= 0.3 is 0 Å². The predicted molar refractivity (Wildman–Crippen MR) is 125 cm³/mol. The number of rotatable bonds is 9. The van der Waals surface area contributed by atoms with Gasteiger partial charge in [-0.15, -0.1) is 0 Å². The summed E-state index contributed by atoms with van der Waals surface area (Å²) < 4.78 is 41.8. The van der Waals surface area contributed by atoms with Gasteiger partial charge in [0.25, 0.3) is 15.9 Å². The first-order valence-corrected chi connectivity index (χ1v) is 11.7. The first-order valence-electron chi connectivity index (χ1n) is 10.3. The summed E-state index contributed by atoms with van der Waals surface area (Å²) in [5, 5.41) is 5.22. The van der Waals surface area contributed by atoms with Crippen molar-refractivity contribution < 1.29 is 22.4 Å². The number of benzene rings is 3. The molecule has 0 bridgehead atoms. The molecule has 2 N–H and O–H groups in total. The van der Waals surface area contributed by atoms with Crippen LogP contribution in [0.25, 0.3) is 0 Å². The number of amides is 2. The number of hydrogen-bond acceptors (Lipinski definition) is 4. The first kappa shape index (κ1) is 23.9. The highest BCUT2D eigenvalue weighted by molar-refractivity contribution is 7.92. The van der Waals surface area contributed by atoms with Crippen molar-refractivity contribution in [2.45, 2.75) is 18.2 Å². The molecule has 3 rings (SSSR count). The highest BCUT2D eigenvalue weighted by Gasteiger charge is 2.24. The van der Waals surface area contributed by atoms with E-state index < -0.39 is 21.7 Å². The van der Waals surface area contributed by atoms with Crippen molar-refractivity contribution in [3.8, 4) is 0 Å². The molecule has 3 aromatic rings. The lowest BCUT2D eigenvalue weighted by Crippen LogP contribution is -2.34. The molecule has 0 radical (unpaired) electrons. The molecule has 0 spiro atoms. The van der Waals surface area contributed by atoms with Crippen molar-refractivity contribution in [2.24, 2.45) is 0 Å². The molecule has 0 aliphatic carbocycles. The summed E-state index contributed by atoms with van der Waals surface area (Å²) in [5.41, 5.74) is 0.900. The number of carbonyl (C=O) groups excluding carboxylic acids is 2. The van der Waals surface area contributed by atoms with Gasteiger partial charge in [-0.1, -0.05) is 30.3 Å². The van der Waals surface area contributed by atoms with Gasteiger partial charge in [-0.25, -0.2) is 12.8 Å². The molecule has 0 aliphatic rings. The Labute approximate surface area is 192 Å². The Morgan fingerprint density at radius 3 is 2.18 bits per heavy atom. The molecule has 0 unspecified atom stereocenters. The lowest BCUT2D eigenvalue weighted by atomic mass is 10.2. The molecule has 0 saturated carbocycles. The van der Waals surface area contributed by atoms with E-state index in [0.29, 0.717) is 17.8 Å². The van der Waals surface area contributed by atoms with E-state index in [1.54, 1.807) is 36.4 Å². The number of carbonyl (C=O) groups is 2. The molecule has 33 heavy (non-hydrogen) atoms. The van der Waals surface area contributed by atoms with Crippen LogP contribution in [0.1, 0.15) is 23.7 Å². The molecule has 0 saturated heterocycles. The Morgan fingerprint density at radius 1 is 0.909 bits per heavy atom. The quantitative estimate of drug-likeness (QED) is 0.466. The lowest BCUT2D eigenvalue weighted by Gasteiger charge is -2.25. The van der Waals surface area contributed by atoms with E-state index in [9.17, 15) is 22.4 Å². The molecule has 0 fully saturated rings. The van der Waals surface area contributed by atoms with Gasteiger partial charge in [0.15, 0.2) is 0 Å². The minimum atomic E-state index is -3.91. The number of nitrogens with zero attached hydrogens (tertiary/aromatic N) is 1. The van der Waals surface area contributed by atoms with Crippen LogP contribution >= 0.6 is 0 Å². The van der Waals surface area contributed by atoms with Crippen LogP contribution in [0.5, 0.6) is 0 Å². The van der Waals surface area contributed by atoms with E-state index in [0.717, 1.165) is 0 Å². The van der Waals surface area contributed by atoms with Gasteiger partial charge in [-0.2, -0.15) is 0 Å². The zero-order chi connectivity index (χ0) is 23.8. The Hall–Kier alpha value is -3.72. The van der Waals surface area contributed by atoms with E-state index >= 15 is 0 Å². The Morgan fingerprint density at radius 2 is 1.55 bits per heavy atom. The number of anilines is 2. The van der Waals surface area contributed by atoms with Gasteiger partial charge in [0.05, 0.1) is 16.1 Å². The van der Waals surface area contributed by atoms with Crippen LogP contribution in [0.2, 0.25) is 0 Å². The molecular weight excluding hydrogens is 445 g/mol. The van der Waals surface area contributed by atoms with E-state index in [1.165, 1.54) is 53.7 Å². The highest BCUT2D eigenvalue weighted by Crippen LogP contribution is 2.25. The van der Waals surface area contributed by atoms with Gasteiger partial charge in [-0.05, 0) is 55.0 Å². The fraction of sp³-hybridized carbons (Fsp3) is 0.167. The first-order chi connectivity index (χ1) is 15.8. The standard InChI is InChI=1S/C24H24FN3O4S/c1-18(29)27-19-12-14-21(15-13-19)33(31,32)28(20-8-3-2-4-9-20)17-7-16-26-24(30)22-10-5-6-11-23(22)25/h2-6,8-15H,7,16-17H2,1H3,(H,26,30)(H,27,29). The minimum absolute atomic E-state index is 0.0655. The number of nitrogens with one attached hydrogen (secondary N) is 2. The van der Waals surface area contributed by atoms with Crippen molar-refractivity contribution in [1.82, 2.24) is 5.32 Å². The van der Waals surface area contributed by atoms with Crippen LogP contribution in [0, 0.1) is 5.82 Å². The Bertz CT molecular complexity index is 1220. The minimum Gasteiger partial charge on any atom is -0.352 e. The topological polar surface area (TPSA) is 95.6 Å². The average molecular weight is 470 g/mol. The summed E-state index contributed by atoms with van der Waals surface area (Å²) in [4.78, 5) is 23.5. The summed E-state index contributed by atoms with van der Waals surface area (Å²) >= 11 is 0. The third kappa shape index (κ3) is 6.17. The Kier molecular flexibility index (Phi) is 7.78. The molecule has 2 amide bonds. The van der Waals surface area contributed by atoms with Crippen molar-refractivity contribution >= 4 is 33.2 Å². The van der Waals surface area contributed by atoms with Crippen LogP contribution in [0.3, 0.4) is 0 Å². The van der Waals surface area contributed by atoms with Gasteiger partial charge in [0, 0.05) is 25.7 Å². The maximum atomic E-state index is 13.8. The average Bonchev–Trinajstić information content (AvgIpc) is 2.79. The molecule has 0 atom stereocenters. The van der Waals surface area contributed by atoms with Crippen molar-refractivity contribution in [2.75, 3.05) is 22.7 Å². The second-order valence-electron chi connectivity index (χ2n) is 7.21. The summed E-state index contributed by atoms with van der Waals surface area (Å²) in [6, 6.07) is 20.2. The maximum absolute atomic E-state index is 13.8. The number of para-hydroxylation sites is 1. The molecular formula is C24H24FN3O4S. The number of hydrogen-bond donors (Lipinski definition) is 2. The lowest BCUT2D eigenvalue weighted by molar-refractivity contribution is -0.114. The predicted octanol–water partition coefficient (Wildman–Crippen LogP) is 3.80. The molecule has 9 heteroatoms. The van der Waals surface area contributed by atoms with E-state index in [2.05, 4.69) is 10.6 Å². The zero-order valence-electron chi connectivity index (χ0n) is 18.0. The summed E-state index contributed by atoms with van der Waals surface area (Å²) in [6.45, 7) is 1.62. The Balaban J connectivity index is 1.73. The summed E-state index contributed by atoms with van der Waals surface area (Å²) in [6.07, 6.45) is 0.304. The van der Waals surface area contributed by atoms with Gasteiger partial charge in [-0.3, -0.25) is 13.9 Å². The van der Waals surface area contributed by atoms with Crippen LogP contribution < -0.4 is 14.9 Å². The van der Waals surface area contributed by atoms with Crippen LogP contribution in [0.4, 0.5) is 15.8 Å². The van der Waals surface area contributed by atoms with Crippen molar-refractivity contribution in [3.05, 3.63) is 90.2 Å². The zero-order valence-corrected chi connectivity index (χ0v) is 18.8. The van der Waals surface area contributed by atoms with E-state index in [-0.39, 0.29) is 29.5 Å². The number of halogens is 1. The van der Waals surface area contributed by atoms with E-state index in [1.807, 2.05) is 0 Å². The third-order valence-corrected chi connectivity index (χ3v) is 6.59. The molecule has 172 valence electrons. The van der Waals surface area contributed by atoms with Crippen LogP contribution in [0.15, 0.2) is 83.8 Å². The van der Waals surface area contributed by atoms with Gasteiger partial charge in [0.2, 0.25) is 5.91 Å². The van der Waals surface area contributed by atoms with Gasteiger partial charge in [0.1, 0.15) is 5.82 Å².